The van der Waals surface area contributed by atoms with Crippen LogP contribution in [-0.4, -0.2) is 81.9 Å². The lowest BCUT2D eigenvalue weighted by molar-refractivity contribution is -0.143. The first-order valence-corrected chi connectivity index (χ1v) is 13.1. The monoisotopic (exact) mass is 543 g/mol. The third-order valence-corrected chi connectivity index (χ3v) is 7.88. The van der Waals surface area contributed by atoms with Crippen LogP contribution in [0.2, 0.25) is 0 Å². The minimum Gasteiger partial charge on any atom is -0.469 e. The van der Waals surface area contributed by atoms with Gasteiger partial charge in [0.2, 0.25) is 5.91 Å². The SMILES string of the molecule is COC(=O)C[C@H]1C(=O)NCCN1c1nc2ccccn2c(=O)c1/C=C1\SC(=S)N(C[C@@H]2CCCO2)C1=O. The molecule has 3 aliphatic heterocycles. The third-order valence-electron chi connectivity index (χ3n) is 6.50. The van der Waals surface area contributed by atoms with E-state index in [1.54, 1.807) is 29.3 Å². The molecule has 0 saturated carbocycles. The average Bonchev–Trinajstić information content (AvgIpc) is 3.50. The second-order valence-electron chi connectivity index (χ2n) is 8.79. The van der Waals surface area contributed by atoms with Crippen LogP contribution in [0.1, 0.15) is 24.8 Å². The van der Waals surface area contributed by atoms with Crippen LogP contribution in [0.4, 0.5) is 5.82 Å². The van der Waals surface area contributed by atoms with E-state index in [-0.39, 0.29) is 40.6 Å². The molecule has 0 unspecified atom stereocenters. The number of aromatic nitrogens is 2. The van der Waals surface area contributed by atoms with Crippen molar-refractivity contribution in [2.75, 3.05) is 38.3 Å². The smallest absolute Gasteiger partial charge is 0.308 e. The molecule has 0 bridgehead atoms. The molecular weight excluding hydrogens is 518 g/mol. The summed E-state index contributed by atoms with van der Waals surface area (Å²) in [6.45, 7) is 1.63. The number of hydrogen-bond donors (Lipinski definition) is 1. The van der Waals surface area contributed by atoms with E-state index in [0.29, 0.717) is 36.2 Å². The quantitative estimate of drug-likeness (QED) is 0.320. The van der Waals surface area contributed by atoms with Crippen molar-refractivity contribution in [2.24, 2.45) is 0 Å². The fraction of sp³-hybridized carbons (Fsp3) is 0.417. The number of nitrogens with one attached hydrogen (secondary N) is 1. The maximum Gasteiger partial charge on any atom is 0.308 e. The van der Waals surface area contributed by atoms with Crippen LogP contribution in [0.5, 0.6) is 0 Å². The van der Waals surface area contributed by atoms with Crippen LogP contribution in [0.15, 0.2) is 34.1 Å². The zero-order valence-electron chi connectivity index (χ0n) is 20.0. The van der Waals surface area contributed by atoms with Gasteiger partial charge in [-0.25, -0.2) is 4.98 Å². The molecule has 3 aliphatic rings. The fourth-order valence-electron chi connectivity index (χ4n) is 4.63. The highest BCUT2D eigenvalue weighted by Crippen LogP contribution is 2.35. The average molecular weight is 544 g/mol. The Balaban J connectivity index is 1.59. The Morgan fingerprint density at radius 2 is 2.19 bits per heavy atom. The second-order valence-corrected chi connectivity index (χ2v) is 10.5. The minimum absolute atomic E-state index is 0.0729. The van der Waals surface area contributed by atoms with Crippen molar-refractivity contribution in [3.05, 3.63) is 45.2 Å². The van der Waals surface area contributed by atoms with Crippen LogP contribution >= 0.6 is 24.0 Å². The van der Waals surface area contributed by atoms with Crippen molar-refractivity contribution in [1.29, 1.82) is 0 Å². The molecule has 194 valence electrons. The number of nitrogens with zero attached hydrogens (tertiary/aromatic N) is 4. The highest BCUT2D eigenvalue weighted by Gasteiger charge is 2.37. The Hall–Kier alpha value is -3.29. The molecule has 2 atom stereocenters. The number of amides is 2. The summed E-state index contributed by atoms with van der Waals surface area (Å²) >= 11 is 6.58. The number of methoxy groups -OCH3 is 1. The van der Waals surface area contributed by atoms with E-state index in [9.17, 15) is 19.2 Å². The van der Waals surface area contributed by atoms with Gasteiger partial charge in [-0.3, -0.25) is 28.5 Å². The Morgan fingerprint density at radius 1 is 1.35 bits per heavy atom. The Kier molecular flexibility index (Phi) is 7.26. The lowest BCUT2D eigenvalue weighted by Gasteiger charge is -2.36. The van der Waals surface area contributed by atoms with E-state index in [1.807, 2.05) is 0 Å². The maximum absolute atomic E-state index is 13.7. The first-order chi connectivity index (χ1) is 17.9. The number of rotatable bonds is 6. The van der Waals surface area contributed by atoms with E-state index < -0.39 is 17.6 Å². The summed E-state index contributed by atoms with van der Waals surface area (Å²) < 4.78 is 12.2. The molecule has 5 rings (SSSR count). The summed E-state index contributed by atoms with van der Waals surface area (Å²) in [6, 6.07) is 4.20. The molecule has 11 nitrogen and oxygen atoms in total. The van der Waals surface area contributed by atoms with Gasteiger partial charge in [0.15, 0.2) is 0 Å². The molecule has 0 radical (unpaired) electrons. The van der Waals surface area contributed by atoms with Gasteiger partial charge in [-0.1, -0.05) is 30.0 Å². The molecule has 5 heterocycles. The standard InChI is InChI=1S/C24H25N5O6S2/c1-34-19(30)12-16-21(31)25-7-9-27(16)20-15(22(32)28-8-3-2-6-18(28)26-20)11-17-23(33)29(24(36)37-17)13-14-5-4-10-35-14/h2-3,6,8,11,14,16H,4-5,7,9-10,12-13H2,1H3,(H,25,31)/b17-11-/t14-,16-/m0/s1. The van der Waals surface area contributed by atoms with Crippen molar-refractivity contribution in [3.63, 3.8) is 0 Å². The molecule has 3 fully saturated rings. The normalized spacial score (nSPS) is 23.3. The third kappa shape index (κ3) is 4.98. The molecule has 13 heteroatoms. The number of fused-ring (bicyclic) bond motifs is 1. The van der Waals surface area contributed by atoms with Gasteiger partial charge in [-0.2, -0.15) is 0 Å². The summed E-state index contributed by atoms with van der Waals surface area (Å²) in [4.78, 5) is 59.9. The van der Waals surface area contributed by atoms with Gasteiger partial charge in [-0.05, 0) is 31.1 Å². The van der Waals surface area contributed by atoms with Crippen molar-refractivity contribution < 1.29 is 23.9 Å². The number of piperazine rings is 1. The maximum atomic E-state index is 13.7. The summed E-state index contributed by atoms with van der Waals surface area (Å²) in [5, 5.41) is 2.75. The van der Waals surface area contributed by atoms with Gasteiger partial charge < -0.3 is 19.7 Å². The van der Waals surface area contributed by atoms with Crippen molar-refractivity contribution in [3.8, 4) is 0 Å². The van der Waals surface area contributed by atoms with Crippen LogP contribution in [0.3, 0.4) is 0 Å². The van der Waals surface area contributed by atoms with Crippen molar-refractivity contribution in [1.82, 2.24) is 19.6 Å². The first kappa shape index (κ1) is 25.4. The Morgan fingerprint density at radius 3 is 2.95 bits per heavy atom. The number of carbonyl (C=O) groups is 3. The van der Waals surface area contributed by atoms with Gasteiger partial charge in [0, 0.05) is 25.9 Å². The van der Waals surface area contributed by atoms with Crippen LogP contribution in [0.25, 0.3) is 11.7 Å². The topological polar surface area (TPSA) is 123 Å². The zero-order chi connectivity index (χ0) is 26.1. The van der Waals surface area contributed by atoms with Crippen molar-refractivity contribution >= 4 is 63.6 Å². The highest BCUT2D eigenvalue weighted by atomic mass is 32.2. The Bertz CT molecular complexity index is 1370. The lowest BCUT2D eigenvalue weighted by Crippen LogP contribution is -2.57. The van der Waals surface area contributed by atoms with Gasteiger partial charge in [-0.15, -0.1) is 0 Å². The molecule has 2 aromatic rings. The molecule has 3 saturated heterocycles. The van der Waals surface area contributed by atoms with Gasteiger partial charge in [0.05, 0.1) is 36.6 Å². The van der Waals surface area contributed by atoms with Gasteiger partial charge in [0.25, 0.3) is 11.5 Å². The summed E-state index contributed by atoms with van der Waals surface area (Å²) in [6.07, 6.45) is 4.57. The van der Waals surface area contributed by atoms with Crippen molar-refractivity contribution in [2.45, 2.75) is 31.4 Å². The number of carbonyl (C=O) groups excluding carboxylic acids is 3. The molecule has 2 aromatic heterocycles. The van der Waals surface area contributed by atoms with Crippen LogP contribution in [0, 0.1) is 0 Å². The Labute approximate surface area is 221 Å². The summed E-state index contributed by atoms with van der Waals surface area (Å²) in [7, 11) is 1.25. The summed E-state index contributed by atoms with van der Waals surface area (Å²) in [5.41, 5.74) is 0.0899. The summed E-state index contributed by atoms with van der Waals surface area (Å²) in [5.74, 6) is -1.04. The van der Waals surface area contributed by atoms with Gasteiger partial charge >= 0.3 is 5.97 Å². The number of thioether (sulfide) groups is 1. The molecule has 0 spiro atoms. The molecule has 0 aromatic carbocycles. The predicted molar refractivity (Wildman–Crippen MR) is 141 cm³/mol. The van der Waals surface area contributed by atoms with E-state index in [1.165, 1.54) is 22.5 Å². The minimum atomic E-state index is -0.930. The molecule has 0 aliphatic carbocycles. The van der Waals surface area contributed by atoms with E-state index in [0.717, 1.165) is 24.6 Å². The largest absolute Gasteiger partial charge is 0.469 e. The zero-order valence-corrected chi connectivity index (χ0v) is 21.7. The van der Waals surface area contributed by atoms with Gasteiger partial charge in [0.1, 0.15) is 21.8 Å². The molecule has 37 heavy (non-hydrogen) atoms. The number of ether oxygens (including phenoxy) is 2. The molecular formula is C24H25N5O6S2. The van der Waals surface area contributed by atoms with Crippen LogP contribution in [-0.2, 0) is 23.9 Å². The number of thiocarbonyl (C=S) groups is 1. The van der Waals surface area contributed by atoms with E-state index >= 15 is 0 Å². The number of esters is 1. The number of hydrogen-bond acceptors (Lipinski definition) is 10. The fourth-order valence-corrected chi connectivity index (χ4v) is 5.89. The first-order valence-electron chi connectivity index (χ1n) is 11.9. The second kappa shape index (κ2) is 10.6. The number of anilines is 1. The lowest BCUT2D eigenvalue weighted by atomic mass is 10.1. The highest BCUT2D eigenvalue weighted by molar-refractivity contribution is 8.26. The van der Waals surface area contributed by atoms with E-state index in [4.69, 9.17) is 26.7 Å². The number of pyridine rings is 1. The van der Waals surface area contributed by atoms with E-state index in [2.05, 4.69) is 5.32 Å². The predicted octanol–water partition coefficient (Wildman–Crippen LogP) is 0.943. The molecule has 2 amide bonds. The molecule has 1 N–H and O–H groups in total. The van der Waals surface area contributed by atoms with Crippen LogP contribution < -0.4 is 15.8 Å².